The lowest BCUT2D eigenvalue weighted by Gasteiger charge is -2.12. The van der Waals surface area contributed by atoms with E-state index < -0.39 is 0 Å². The second kappa shape index (κ2) is 6.96. The Hall–Kier alpha value is -1.82. The molecule has 0 unspecified atom stereocenters. The maximum absolute atomic E-state index is 12.1. The van der Waals surface area contributed by atoms with E-state index in [4.69, 9.17) is 35.4 Å². The molecule has 0 aliphatic heterocycles. The number of phenolic OH excluding ortho intramolecular Hbond substituents is 1. The Morgan fingerprint density at radius 2 is 1.91 bits per heavy atom. The van der Waals surface area contributed by atoms with E-state index >= 15 is 0 Å². The van der Waals surface area contributed by atoms with Gasteiger partial charge in [-0.15, -0.1) is 0 Å². The first-order valence-electron chi connectivity index (χ1n) is 6.24. The quantitative estimate of drug-likeness (QED) is 0.560. The van der Waals surface area contributed by atoms with E-state index in [0.717, 1.165) is 5.56 Å². The van der Waals surface area contributed by atoms with E-state index in [1.54, 1.807) is 12.1 Å². The minimum atomic E-state index is -0.344. The van der Waals surface area contributed by atoms with Gasteiger partial charge in [-0.05, 0) is 42.9 Å². The van der Waals surface area contributed by atoms with E-state index in [9.17, 15) is 9.90 Å². The van der Waals surface area contributed by atoms with Crippen LogP contribution in [0.1, 0.15) is 15.9 Å². The van der Waals surface area contributed by atoms with E-state index in [1.165, 1.54) is 12.1 Å². The Balaban J connectivity index is 2.11. The lowest BCUT2D eigenvalue weighted by Crippen LogP contribution is -2.34. The molecule has 0 spiro atoms. The van der Waals surface area contributed by atoms with Crippen molar-refractivity contribution in [2.75, 3.05) is 5.32 Å². The number of hydrogen-bond donors (Lipinski definition) is 3. The number of carbonyl (C=O) groups is 1. The van der Waals surface area contributed by atoms with Crippen LogP contribution in [0.5, 0.6) is 5.75 Å². The van der Waals surface area contributed by atoms with Gasteiger partial charge in [0.15, 0.2) is 10.9 Å². The summed E-state index contributed by atoms with van der Waals surface area (Å²) in [4.78, 5) is 12.1. The Kier molecular flexibility index (Phi) is 5.24. The van der Waals surface area contributed by atoms with Gasteiger partial charge in [0.25, 0.3) is 5.91 Å². The van der Waals surface area contributed by atoms with Gasteiger partial charge in [-0.2, -0.15) is 0 Å². The lowest BCUT2D eigenvalue weighted by atomic mass is 10.1. The monoisotopic (exact) mass is 354 g/mol. The highest BCUT2D eigenvalue weighted by Crippen LogP contribution is 2.34. The summed E-state index contributed by atoms with van der Waals surface area (Å²) in [7, 11) is 0. The maximum atomic E-state index is 12.1. The van der Waals surface area contributed by atoms with Crippen LogP contribution in [0.4, 0.5) is 5.69 Å². The van der Waals surface area contributed by atoms with Crippen LogP contribution < -0.4 is 10.6 Å². The maximum Gasteiger partial charge on any atom is 0.257 e. The van der Waals surface area contributed by atoms with Crippen molar-refractivity contribution in [1.82, 2.24) is 5.32 Å². The highest BCUT2D eigenvalue weighted by Gasteiger charge is 2.13. The molecule has 0 bridgehead atoms. The molecule has 7 heteroatoms. The summed E-state index contributed by atoms with van der Waals surface area (Å²) < 4.78 is 0. The van der Waals surface area contributed by atoms with Crippen molar-refractivity contribution >= 4 is 52.1 Å². The number of aryl methyl sites for hydroxylation is 1. The van der Waals surface area contributed by atoms with E-state index in [1.807, 2.05) is 19.1 Å². The first-order chi connectivity index (χ1) is 10.4. The SMILES string of the molecule is Cc1ccccc1C(=O)NC(=S)Nc1cc(Cl)cc(Cl)c1O. The van der Waals surface area contributed by atoms with Crippen molar-refractivity contribution in [3.8, 4) is 5.75 Å². The fourth-order valence-electron chi connectivity index (χ4n) is 1.81. The zero-order valence-electron chi connectivity index (χ0n) is 11.5. The fourth-order valence-corrected chi connectivity index (χ4v) is 2.51. The zero-order chi connectivity index (χ0) is 16.3. The van der Waals surface area contributed by atoms with E-state index in [-0.39, 0.29) is 27.5 Å². The number of aromatic hydroxyl groups is 1. The average molecular weight is 355 g/mol. The third-order valence-corrected chi connectivity index (χ3v) is 3.60. The molecule has 3 N–H and O–H groups in total. The van der Waals surface area contributed by atoms with Crippen LogP contribution >= 0.6 is 35.4 Å². The van der Waals surface area contributed by atoms with Crippen molar-refractivity contribution < 1.29 is 9.90 Å². The molecular weight excluding hydrogens is 343 g/mol. The number of phenols is 1. The van der Waals surface area contributed by atoms with Crippen molar-refractivity contribution in [1.29, 1.82) is 0 Å². The van der Waals surface area contributed by atoms with Gasteiger partial charge in [-0.25, -0.2) is 0 Å². The highest BCUT2D eigenvalue weighted by atomic mass is 35.5. The predicted molar refractivity (Wildman–Crippen MR) is 93.0 cm³/mol. The van der Waals surface area contributed by atoms with Gasteiger partial charge < -0.3 is 10.4 Å². The molecule has 0 aromatic heterocycles. The topological polar surface area (TPSA) is 61.4 Å². The molecule has 22 heavy (non-hydrogen) atoms. The summed E-state index contributed by atoms with van der Waals surface area (Å²) in [6.07, 6.45) is 0. The highest BCUT2D eigenvalue weighted by molar-refractivity contribution is 7.80. The number of thiocarbonyl (C=S) groups is 1. The number of amides is 1. The molecule has 1 amide bonds. The Labute approximate surface area is 143 Å². The van der Waals surface area contributed by atoms with Gasteiger partial charge in [0, 0.05) is 10.6 Å². The summed E-state index contributed by atoms with van der Waals surface area (Å²) in [5, 5.41) is 15.5. The first-order valence-corrected chi connectivity index (χ1v) is 7.41. The molecule has 0 atom stereocenters. The van der Waals surface area contributed by atoms with Crippen LogP contribution in [0.25, 0.3) is 0 Å². The van der Waals surface area contributed by atoms with Gasteiger partial charge in [0.1, 0.15) is 0 Å². The summed E-state index contributed by atoms with van der Waals surface area (Å²) in [6, 6.07) is 9.98. The molecule has 4 nitrogen and oxygen atoms in total. The minimum absolute atomic E-state index is 0.0295. The number of halogens is 2. The predicted octanol–water partition coefficient (Wildman–Crippen LogP) is 4.13. The van der Waals surface area contributed by atoms with Gasteiger partial charge in [-0.3, -0.25) is 10.1 Å². The number of carbonyl (C=O) groups excluding carboxylic acids is 1. The number of nitrogens with one attached hydrogen (secondary N) is 2. The second-order valence-corrected chi connectivity index (χ2v) is 5.76. The van der Waals surface area contributed by atoms with Gasteiger partial charge >= 0.3 is 0 Å². The van der Waals surface area contributed by atoms with Crippen LogP contribution in [0.2, 0.25) is 10.0 Å². The van der Waals surface area contributed by atoms with Gasteiger partial charge in [0.2, 0.25) is 0 Å². The molecule has 0 aliphatic rings. The summed E-state index contributed by atoms with van der Waals surface area (Å²) in [6.45, 7) is 1.83. The van der Waals surface area contributed by atoms with Crippen LogP contribution in [0.3, 0.4) is 0 Å². The lowest BCUT2D eigenvalue weighted by molar-refractivity contribution is 0.0977. The molecule has 0 aliphatic carbocycles. The largest absolute Gasteiger partial charge is 0.504 e. The van der Waals surface area contributed by atoms with Gasteiger partial charge in [0.05, 0.1) is 10.7 Å². The van der Waals surface area contributed by atoms with Crippen LogP contribution in [0, 0.1) is 6.92 Å². The molecule has 2 aromatic rings. The normalized spacial score (nSPS) is 10.1. The summed E-state index contributed by atoms with van der Waals surface area (Å²) in [5.74, 6) is -0.540. The number of hydrogen-bond acceptors (Lipinski definition) is 3. The molecule has 0 saturated carbocycles. The molecule has 2 aromatic carbocycles. The fraction of sp³-hybridized carbons (Fsp3) is 0.0667. The summed E-state index contributed by atoms with van der Waals surface area (Å²) in [5.41, 5.74) is 1.56. The molecule has 0 heterocycles. The van der Waals surface area contributed by atoms with E-state index in [0.29, 0.717) is 10.6 Å². The number of rotatable bonds is 2. The molecule has 2 rings (SSSR count). The van der Waals surface area contributed by atoms with Crippen LogP contribution in [-0.4, -0.2) is 16.1 Å². The Bertz CT molecular complexity index is 750. The van der Waals surface area contributed by atoms with Crippen LogP contribution in [0.15, 0.2) is 36.4 Å². The molecule has 114 valence electrons. The Morgan fingerprint density at radius 3 is 2.59 bits per heavy atom. The third-order valence-electron chi connectivity index (χ3n) is 2.89. The number of anilines is 1. The molecule has 0 saturated heterocycles. The molecular formula is C15H12Cl2N2O2S. The molecule has 0 fully saturated rings. The van der Waals surface area contributed by atoms with Crippen molar-refractivity contribution in [3.63, 3.8) is 0 Å². The smallest absolute Gasteiger partial charge is 0.257 e. The van der Waals surface area contributed by atoms with Crippen molar-refractivity contribution in [2.24, 2.45) is 0 Å². The average Bonchev–Trinajstić information content (AvgIpc) is 2.44. The van der Waals surface area contributed by atoms with Crippen LogP contribution in [-0.2, 0) is 0 Å². The zero-order valence-corrected chi connectivity index (χ0v) is 13.8. The van der Waals surface area contributed by atoms with E-state index in [2.05, 4.69) is 10.6 Å². The van der Waals surface area contributed by atoms with Crippen molar-refractivity contribution in [2.45, 2.75) is 6.92 Å². The Morgan fingerprint density at radius 1 is 1.23 bits per heavy atom. The first kappa shape index (κ1) is 16.5. The molecule has 0 radical (unpaired) electrons. The summed E-state index contributed by atoms with van der Waals surface area (Å²) >= 11 is 16.7. The number of benzene rings is 2. The standard InChI is InChI=1S/C15H12Cl2N2O2S/c1-8-4-2-3-5-10(8)14(21)19-15(22)18-12-7-9(16)6-11(17)13(12)20/h2-7,20H,1H3,(H2,18,19,21,22). The third kappa shape index (κ3) is 3.88. The van der Waals surface area contributed by atoms with Crippen molar-refractivity contribution in [3.05, 3.63) is 57.6 Å². The minimum Gasteiger partial charge on any atom is -0.504 e. The second-order valence-electron chi connectivity index (χ2n) is 4.51. The van der Waals surface area contributed by atoms with Gasteiger partial charge in [-0.1, -0.05) is 41.4 Å².